The molecule has 2 aliphatic rings. The lowest BCUT2D eigenvalue weighted by Crippen LogP contribution is -2.39. The molecule has 0 aromatic heterocycles. The van der Waals surface area contributed by atoms with Crippen molar-refractivity contribution in [1.29, 1.82) is 0 Å². The molecule has 4 unspecified atom stereocenters. The monoisotopic (exact) mass is 237 g/mol. The van der Waals surface area contributed by atoms with Crippen LogP contribution >= 0.6 is 0 Å². The lowest BCUT2D eigenvalue weighted by Gasteiger charge is -2.21. The Morgan fingerprint density at radius 2 is 1.76 bits per heavy atom. The normalized spacial score (nSPS) is 36.9. The number of carboxylic acid groups (broad SMARTS) is 1. The van der Waals surface area contributed by atoms with E-state index in [4.69, 9.17) is 5.11 Å². The number of imide groups is 1. The van der Waals surface area contributed by atoms with E-state index in [2.05, 4.69) is 0 Å². The van der Waals surface area contributed by atoms with E-state index < -0.39 is 11.9 Å². The quantitative estimate of drug-likeness (QED) is 0.565. The summed E-state index contributed by atoms with van der Waals surface area (Å²) >= 11 is 0. The number of carbonyl (C=O) groups excluding carboxylic acids is 2. The molecule has 0 radical (unpaired) electrons. The number of hydrogen-bond acceptors (Lipinski definition) is 3. The Bertz CT molecular complexity index is 395. The predicted octanol–water partition coefficient (Wildman–Crippen LogP) is 0.657. The van der Waals surface area contributed by atoms with E-state index in [1.807, 2.05) is 0 Å². The fraction of sp³-hybridized carbons (Fsp3) is 0.583. The number of rotatable bonds is 2. The molecule has 0 bridgehead atoms. The maximum atomic E-state index is 11.9. The van der Waals surface area contributed by atoms with Gasteiger partial charge in [-0.15, -0.1) is 0 Å². The van der Waals surface area contributed by atoms with Gasteiger partial charge >= 0.3 is 5.97 Å². The van der Waals surface area contributed by atoms with Crippen molar-refractivity contribution in [3.63, 3.8) is 0 Å². The third kappa shape index (κ3) is 1.75. The zero-order chi connectivity index (χ0) is 12.7. The molecule has 1 aliphatic heterocycles. The van der Waals surface area contributed by atoms with E-state index in [1.54, 1.807) is 26.0 Å². The minimum atomic E-state index is -0.913. The van der Waals surface area contributed by atoms with Crippen molar-refractivity contribution in [1.82, 2.24) is 4.90 Å². The first kappa shape index (κ1) is 11.8. The number of carboxylic acids is 1. The van der Waals surface area contributed by atoms with E-state index in [9.17, 15) is 14.4 Å². The second-order valence-corrected chi connectivity index (χ2v) is 4.76. The zero-order valence-corrected chi connectivity index (χ0v) is 9.79. The SMILES string of the molecule is CC1C(=O)N(C2C=CC(C(=O)O)C2)C(=O)C1C. The molecule has 1 N–H and O–H groups in total. The van der Waals surface area contributed by atoms with Crippen molar-refractivity contribution in [2.75, 3.05) is 0 Å². The Kier molecular flexibility index (Phi) is 2.77. The van der Waals surface area contributed by atoms with E-state index in [0.717, 1.165) is 0 Å². The summed E-state index contributed by atoms with van der Waals surface area (Å²) in [6.45, 7) is 3.47. The third-order valence-electron chi connectivity index (χ3n) is 3.71. The van der Waals surface area contributed by atoms with Crippen molar-refractivity contribution >= 4 is 17.8 Å². The molecule has 0 spiro atoms. The molecule has 5 heteroatoms. The van der Waals surface area contributed by atoms with Crippen LogP contribution in [0.3, 0.4) is 0 Å². The highest BCUT2D eigenvalue weighted by Gasteiger charge is 2.46. The maximum absolute atomic E-state index is 11.9. The number of aliphatic carboxylic acids is 1. The fourth-order valence-electron chi connectivity index (χ4n) is 2.36. The summed E-state index contributed by atoms with van der Waals surface area (Å²) in [6, 6.07) is -0.386. The molecule has 2 amide bonds. The van der Waals surface area contributed by atoms with Gasteiger partial charge in [0.25, 0.3) is 0 Å². The standard InChI is InChI=1S/C12H15NO4/c1-6-7(2)11(15)13(10(6)14)9-4-3-8(5-9)12(16)17/h3-4,6-9H,5H2,1-2H3,(H,16,17). The van der Waals surface area contributed by atoms with Crippen molar-refractivity contribution in [2.45, 2.75) is 26.3 Å². The molecule has 0 aromatic carbocycles. The predicted molar refractivity (Wildman–Crippen MR) is 58.9 cm³/mol. The van der Waals surface area contributed by atoms with Crippen LogP contribution in [0.1, 0.15) is 20.3 Å². The molecule has 4 atom stereocenters. The molecule has 1 fully saturated rings. The Hall–Kier alpha value is -1.65. The lowest BCUT2D eigenvalue weighted by molar-refractivity contribution is -0.144. The summed E-state index contributed by atoms with van der Waals surface area (Å²) < 4.78 is 0. The Morgan fingerprint density at radius 3 is 2.18 bits per heavy atom. The molecular weight excluding hydrogens is 222 g/mol. The number of amides is 2. The molecule has 1 saturated heterocycles. The van der Waals surface area contributed by atoms with Gasteiger partial charge in [-0.1, -0.05) is 26.0 Å². The highest BCUT2D eigenvalue weighted by molar-refractivity contribution is 6.05. The van der Waals surface area contributed by atoms with Gasteiger partial charge in [0.1, 0.15) is 0 Å². The Labute approximate surface area is 99.1 Å². The second kappa shape index (κ2) is 3.98. The van der Waals surface area contributed by atoms with Crippen molar-refractivity contribution in [3.8, 4) is 0 Å². The number of likely N-dealkylation sites (tertiary alicyclic amines) is 1. The van der Waals surface area contributed by atoms with E-state index in [0.29, 0.717) is 6.42 Å². The summed E-state index contributed by atoms with van der Waals surface area (Å²) in [7, 11) is 0. The average Bonchev–Trinajstić information content (AvgIpc) is 2.81. The number of carbonyl (C=O) groups is 3. The van der Waals surface area contributed by atoms with Gasteiger partial charge in [-0.05, 0) is 6.42 Å². The van der Waals surface area contributed by atoms with Gasteiger partial charge in [-0.2, -0.15) is 0 Å². The van der Waals surface area contributed by atoms with Crippen LogP contribution in [0.15, 0.2) is 12.2 Å². The molecule has 2 rings (SSSR count). The Balaban J connectivity index is 2.15. The number of hydrogen-bond donors (Lipinski definition) is 1. The number of nitrogens with zero attached hydrogens (tertiary/aromatic N) is 1. The zero-order valence-electron chi connectivity index (χ0n) is 9.79. The third-order valence-corrected chi connectivity index (χ3v) is 3.71. The first-order valence-corrected chi connectivity index (χ1v) is 5.71. The smallest absolute Gasteiger partial charge is 0.310 e. The van der Waals surface area contributed by atoms with Gasteiger partial charge in [0.05, 0.1) is 12.0 Å². The summed E-state index contributed by atoms with van der Waals surface area (Å²) in [5.41, 5.74) is 0. The van der Waals surface area contributed by atoms with Crippen LogP contribution in [0, 0.1) is 17.8 Å². The largest absolute Gasteiger partial charge is 0.481 e. The highest BCUT2D eigenvalue weighted by atomic mass is 16.4. The van der Waals surface area contributed by atoms with Crippen molar-refractivity contribution in [3.05, 3.63) is 12.2 Å². The van der Waals surface area contributed by atoms with Crippen molar-refractivity contribution in [2.24, 2.45) is 17.8 Å². The van der Waals surface area contributed by atoms with E-state index >= 15 is 0 Å². The van der Waals surface area contributed by atoms with Crippen LogP contribution in [0.25, 0.3) is 0 Å². The molecule has 1 aliphatic carbocycles. The minimum Gasteiger partial charge on any atom is -0.481 e. The van der Waals surface area contributed by atoms with E-state index in [-0.39, 0.29) is 29.7 Å². The molecule has 5 nitrogen and oxygen atoms in total. The van der Waals surface area contributed by atoms with Gasteiger partial charge in [0.15, 0.2) is 0 Å². The van der Waals surface area contributed by atoms with Crippen LogP contribution in [-0.2, 0) is 14.4 Å². The molecule has 0 saturated carbocycles. The first-order chi connectivity index (χ1) is 7.93. The van der Waals surface area contributed by atoms with Crippen LogP contribution in [0.2, 0.25) is 0 Å². The first-order valence-electron chi connectivity index (χ1n) is 5.71. The van der Waals surface area contributed by atoms with Crippen LogP contribution < -0.4 is 0 Å². The van der Waals surface area contributed by atoms with Crippen molar-refractivity contribution < 1.29 is 19.5 Å². The topological polar surface area (TPSA) is 74.7 Å². The van der Waals surface area contributed by atoms with Gasteiger partial charge in [-0.3, -0.25) is 19.3 Å². The maximum Gasteiger partial charge on any atom is 0.310 e. The molecular formula is C12H15NO4. The molecule has 17 heavy (non-hydrogen) atoms. The summed E-state index contributed by atoms with van der Waals surface area (Å²) in [4.78, 5) is 35.9. The van der Waals surface area contributed by atoms with Gasteiger partial charge in [0.2, 0.25) is 11.8 Å². The van der Waals surface area contributed by atoms with Crippen LogP contribution in [-0.4, -0.2) is 33.8 Å². The minimum absolute atomic E-state index is 0.191. The van der Waals surface area contributed by atoms with E-state index in [1.165, 1.54) is 4.90 Å². The van der Waals surface area contributed by atoms with Crippen LogP contribution in [0.4, 0.5) is 0 Å². The molecule has 1 heterocycles. The summed E-state index contributed by atoms with van der Waals surface area (Å²) in [5, 5.41) is 8.87. The Morgan fingerprint density at radius 1 is 1.24 bits per heavy atom. The summed E-state index contributed by atoms with van der Waals surface area (Å²) in [6.07, 6.45) is 3.51. The highest BCUT2D eigenvalue weighted by Crippen LogP contribution is 2.32. The lowest BCUT2D eigenvalue weighted by atomic mass is 10.00. The van der Waals surface area contributed by atoms with Gasteiger partial charge in [-0.25, -0.2) is 0 Å². The fourth-order valence-corrected chi connectivity index (χ4v) is 2.36. The van der Waals surface area contributed by atoms with Gasteiger partial charge < -0.3 is 5.11 Å². The second-order valence-electron chi connectivity index (χ2n) is 4.76. The molecule has 0 aromatic rings. The van der Waals surface area contributed by atoms with Gasteiger partial charge in [0, 0.05) is 11.8 Å². The summed E-state index contributed by atoms with van der Waals surface area (Å²) in [5.74, 6) is -2.50. The average molecular weight is 237 g/mol. The molecule has 92 valence electrons. The van der Waals surface area contributed by atoms with Crippen LogP contribution in [0.5, 0.6) is 0 Å².